The van der Waals surface area contributed by atoms with Crippen LogP contribution in [-0.2, 0) is 0 Å². The van der Waals surface area contributed by atoms with Gasteiger partial charge in [0.05, 0.1) is 17.0 Å². The summed E-state index contributed by atoms with van der Waals surface area (Å²) in [6.45, 7) is 2.25. The molecule has 1 amide bonds. The number of aliphatic hydroxyl groups excluding tert-OH is 1. The first kappa shape index (κ1) is 16.5. The van der Waals surface area contributed by atoms with Crippen LogP contribution in [0.4, 0.5) is 0 Å². The van der Waals surface area contributed by atoms with E-state index < -0.39 is 6.04 Å². The lowest BCUT2D eigenvalue weighted by molar-refractivity contribution is 0.0716. The highest BCUT2D eigenvalue weighted by Crippen LogP contribution is 2.38. The smallest absolute Gasteiger partial charge is 0.290 e. The number of fused-ring (bicyclic) bond motifs is 2. The molecule has 2 heterocycles. The Balaban J connectivity index is 1.98. The first-order chi connectivity index (χ1) is 12.6. The molecule has 1 aliphatic heterocycles. The van der Waals surface area contributed by atoms with E-state index in [4.69, 9.17) is 4.42 Å². The van der Waals surface area contributed by atoms with Crippen LogP contribution in [0.1, 0.15) is 39.7 Å². The summed E-state index contributed by atoms with van der Waals surface area (Å²) in [6, 6.07) is 14.4. The van der Waals surface area contributed by atoms with Crippen LogP contribution in [0.15, 0.2) is 57.7 Å². The number of hydrogen-bond acceptors (Lipinski definition) is 4. The SMILES string of the molecule is Cc1ccc2oc3c(c(=O)c2c1)C(c1ccccc1)N(CCCO)C3=O. The van der Waals surface area contributed by atoms with E-state index in [1.54, 1.807) is 17.0 Å². The van der Waals surface area contributed by atoms with Crippen LogP contribution in [-0.4, -0.2) is 29.1 Å². The normalized spacial score (nSPS) is 16.3. The van der Waals surface area contributed by atoms with Gasteiger partial charge in [0, 0.05) is 13.2 Å². The maximum atomic E-state index is 13.2. The second-order valence-corrected chi connectivity index (χ2v) is 6.56. The number of amides is 1. The van der Waals surface area contributed by atoms with Crippen molar-refractivity contribution < 1.29 is 14.3 Å². The minimum atomic E-state index is -0.494. The van der Waals surface area contributed by atoms with Crippen LogP contribution in [0.3, 0.4) is 0 Å². The van der Waals surface area contributed by atoms with E-state index in [-0.39, 0.29) is 23.7 Å². The average Bonchev–Trinajstić information content (AvgIpc) is 2.94. The highest BCUT2D eigenvalue weighted by molar-refractivity contribution is 5.99. The van der Waals surface area contributed by atoms with Gasteiger partial charge in [-0.3, -0.25) is 9.59 Å². The lowest BCUT2D eigenvalue weighted by Crippen LogP contribution is -2.31. The Labute approximate surface area is 150 Å². The number of rotatable bonds is 4. The van der Waals surface area contributed by atoms with Crippen LogP contribution in [0.25, 0.3) is 11.0 Å². The van der Waals surface area contributed by atoms with E-state index in [0.29, 0.717) is 29.5 Å². The molecule has 0 saturated heterocycles. The molecule has 3 aromatic rings. The Morgan fingerprint density at radius 3 is 2.62 bits per heavy atom. The van der Waals surface area contributed by atoms with E-state index in [1.807, 2.05) is 43.3 Å². The topological polar surface area (TPSA) is 70.8 Å². The molecule has 26 heavy (non-hydrogen) atoms. The molecule has 5 nitrogen and oxygen atoms in total. The molecule has 1 N–H and O–H groups in total. The Hall–Kier alpha value is -2.92. The Morgan fingerprint density at radius 2 is 1.88 bits per heavy atom. The van der Waals surface area contributed by atoms with E-state index in [1.165, 1.54) is 0 Å². The number of carbonyl (C=O) groups excluding carboxylic acids is 1. The summed E-state index contributed by atoms with van der Waals surface area (Å²) in [5.74, 6) is -0.194. The monoisotopic (exact) mass is 349 g/mol. The Kier molecular flexibility index (Phi) is 4.09. The largest absolute Gasteiger partial charge is 0.450 e. The summed E-state index contributed by atoms with van der Waals surface area (Å²) in [5.41, 5.74) is 2.46. The van der Waals surface area contributed by atoms with Crippen molar-refractivity contribution in [2.75, 3.05) is 13.2 Å². The molecule has 1 aromatic heterocycles. The molecule has 1 unspecified atom stereocenters. The van der Waals surface area contributed by atoms with Gasteiger partial charge >= 0.3 is 0 Å². The molecule has 0 bridgehead atoms. The number of nitrogens with zero attached hydrogens (tertiary/aromatic N) is 1. The number of benzene rings is 2. The molecule has 0 radical (unpaired) electrons. The van der Waals surface area contributed by atoms with Gasteiger partial charge in [-0.15, -0.1) is 0 Å². The Bertz CT molecular complexity index is 1040. The van der Waals surface area contributed by atoms with Gasteiger partial charge < -0.3 is 14.4 Å². The van der Waals surface area contributed by atoms with Crippen molar-refractivity contribution >= 4 is 16.9 Å². The summed E-state index contributed by atoms with van der Waals surface area (Å²) in [7, 11) is 0. The zero-order valence-electron chi connectivity index (χ0n) is 14.4. The minimum absolute atomic E-state index is 0.0236. The third-order valence-corrected chi connectivity index (χ3v) is 4.79. The minimum Gasteiger partial charge on any atom is -0.450 e. The van der Waals surface area contributed by atoms with Crippen molar-refractivity contribution in [3.05, 3.63) is 81.2 Å². The highest BCUT2D eigenvalue weighted by atomic mass is 16.3. The van der Waals surface area contributed by atoms with Gasteiger partial charge in [-0.2, -0.15) is 0 Å². The standard InChI is InChI=1S/C21H19NO4/c1-13-8-9-16-15(12-13)19(24)17-18(14-6-3-2-4-7-14)22(10-5-11-23)21(25)20(17)26-16/h2-4,6-9,12,18,23H,5,10-11H2,1H3. The summed E-state index contributed by atoms with van der Waals surface area (Å²) in [4.78, 5) is 27.8. The lowest BCUT2D eigenvalue weighted by atomic mass is 9.98. The van der Waals surface area contributed by atoms with Gasteiger partial charge in [0.25, 0.3) is 5.91 Å². The van der Waals surface area contributed by atoms with Gasteiger partial charge in [0.15, 0.2) is 5.43 Å². The third kappa shape index (κ3) is 2.52. The molecule has 4 rings (SSSR count). The second kappa shape index (κ2) is 6.42. The van der Waals surface area contributed by atoms with E-state index in [0.717, 1.165) is 11.1 Å². The van der Waals surface area contributed by atoms with E-state index in [2.05, 4.69) is 0 Å². The van der Waals surface area contributed by atoms with Gasteiger partial charge in [-0.05, 0) is 31.0 Å². The zero-order valence-corrected chi connectivity index (χ0v) is 14.4. The number of aryl methyl sites for hydroxylation is 1. The predicted octanol–water partition coefficient (Wildman–Crippen LogP) is 3.03. The quantitative estimate of drug-likeness (QED) is 0.786. The van der Waals surface area contributed by atoms with Crippen molar-refractivity contribution in [1.29, 1.82) is 0 Å². The molecule has 0 aliphatic carbocycles. The van der Waals surface area contributed by atoms with Crippen molar-refractivity contribution in [2.24, 2.45) is 0 Å². The van der Waals surface area contributed by atoms with Crippen LogP contribution in [0.2, 0.25) is 0 Å². The van der Waals surface area contributed by atoms with Crippen LogP contribution >= 0.6 is 0 Å². The summed E-state index contributed by atoms with van der Waals surface area (Å²) >= 11 is 0. The van der Waals surface area contributed by atoms with Crippen LogP contribution in [0.5, 0.6) is 0 Å². The Morgan fingerprint density at radius 1 is 1.12 bits per heavy atom. The fourth-order valence-electron chi connectivity index (χ4n) is 3.59. The first-order valence-electron chi connectivity index (χ1n) is 8.66. The maximum Gasteiger partial charge on any atom is 0.290 e. The van der Waals surface area contributed by atoms with Crippen LogP contribution in [0, 0.1) is 6.92 Å². The molecular weight excluding hydrogens is 330 g/mol. The summed E-state index contributed by atoms with van der Waals surface area (Å²) in [5, 5.41) is 9.69. The predicted molar refractivity (Wildman–Crippen MR) is 98.2 cm³/mol. The molecule has 1 atom stereocenters. The van der Waals surface area contributed by atoms with Crippen molar-refractivity contribution in [1.82, 2.24) is 4.90 Å². The fraction of sp³-hybridized carbons (Fsp3) is 0.238. The van der Waals surface area contributed by atoms with Crippen LogP contribution < -0.4 is 5.43 Å². The summed E-state index contributed by atoms with van der Waals surface area (Å²) < 4.78 is 5.86. The van der Waals surface area contributed by atoms with E-state index >= 15 is 0 Å². The second-order valence-electron chi connectivity index (χ2n) is 6.56. The van der Waals surface area contributed by atoms with Gasteiger partial charge in [-0.1, -0.05) is 42.0 Å². The number of carbonyl (C=O) groups is 1. The third-order valence-electron chi connectivity index (χ3n) is 4.79. The zero-order chi connectivity index (χ0) is 18.3. The van der Waals surface area contributed by atoms with Gasteiger partial charge in [-0.25, -0.2) is 0 Å². The van der Waals surface area contributed by atoms with Gasteiger partial charge in [0.1, 0.15) is 5.58 Å². The lowest BCUT2D eigenvalue weighted by Gasteiger charge is -2.24. The highest BCUT2D eigenvalue weighted by Gasteiger charge is 2.42. The van der Waals surface area contributed by atoms with E-state index in [9.17, 15) is 14.7 Å². The number of hydrogen-bond donors (Lipinski definition) is 1. The molecule has 132 valence electrons. The average molecular weight is 349 g/mol. The molecule has 5 heteroatoms. The molecule has 0 saturated carbocycles. The van der Waals surface area contributed by atoms with Crippen molar-refractivity contribution in [2.45, 2.75) is 19.4 Å². The van der Waals surface area contributed by atoms with Crippen molar-refractivity contribution in [3.8, 4) is 0 Å². The van der Waals surface area contributed by atoms with Gasteiger partial charge in [0.2, 0.25) is 5.76 Å². The molecule has 1 aliphatic rings. The van der Waals surface area contributed by atoms with Crippen molar-refractivity contribution in [3.63, 3.8) is 0 Å². The summed E-state index contributed by atoms with van der Waals surface area (Å²) in [6.07, 6.45) is 0.440. The molecular formula is C21H19NO4. The molecule has 2 aromatic carbocycles. The molecule has 0 fully saturated rings. The fourth-order valence-corrected chi connectivity index (χ4v) is 3.59. The number of aliphatic hydroxyl groups is 1. The first-order valence-corrected chi connectivity index (χ1v) is 8.66. The maximum absolute atomic E-state index is 13.2. The molecule has 0 spiro atoms.